The van der Waals surface area contributed by atoms with Gasteiger partial charge in [-0.2, -0.15) is 18.3 Å². The van der Waals surface area contributed by atoms with E-state index in [1.807, 2.05) is 0 Å². The van der Waals surface area contributed by atoms with Gasteiger partial charge in [0.2, 0.25) is 5.91 Å². The molecule has 0 aromatic carbocycles. The minimum atomic E-state index is -4.33. The molecule has 13 heteroatoms. The molecule has 0 spiro atoms. The SMILES string of the molecule is COc1cnc(CC(=O)Nc2cc([C@H]3CC[C@@H](OC(=O)NCCC(F)(F)F)C3)[nH]n2)s1. The largest absolute Gasteiger partial charge is 0.486 e. The Bertz CT molecular complexity index is 901. The quantitative estimate of drug-likeness (QED) is 0.555. The van der Waals surface area contributed by atoms with Crippen LogP contribution in [-0.4, -0.2) is 53.1 Å². The summed E-state index contributed by atoms with van der Waals surface area (Å²) in [5, 5.41) is 13.0. The smallest absolute Gasteiger partial charge is 0.407 e. The molecule has 2 aromatic rings. The van der Waals surface area contributed by atoms with Gasteiger partial charge in [0, 0.05) is 24.2 Å². The van der Waals surface area contributed by atoms with Crippen LogP contribution < -0.4 is 15.4 Å². The molecule has 3 rings (SSSR count). The molecule has 170 valence electrons. The van der Waals surface area contributed by atoms with Crippen molar-refractivity contribution >= 4 is 29.2 Å². The second kappa shape index (κ2) is 9.98. The van der Waals surface area contributed by atoms with Crippen molar-refractivity contribution in [1.82, 2.24) is 20.5 Å². The number of nitrogens with zero attached hydrogens (tertiary/aromatic N) is 2. The van der Waals surface area contributed by atoms with E-state index in [9.17, 15) is 22.8 Å². The number of methoxy groups -OCH3 is 1. The third-order valence-corrected chi connectivity index (χ3v) is 5.64. The van der Waals surface area contributed by atoms with Crippen LogP contribution in [0.4, 0.5) is 23.8 Å². The molecule has 1 aliphatic rings. The van der Waals surface area contributed by atoms with Gasteiger partial charge in [-0.05, 0) is 19.3 Å². The van der Waals surface area contributed by atoms with Crippen molar-refractivity contribution in [1.29, 1.82) is 0 Å². The highest BCUT2D eigenvalue weighted by molar-refractivity contribution is 7.13. The molecule has 0 radical (unpaired) electrons. The zero-order valence-electron chi connectivity index (χ0n) is 16.6. The summed E-state index contributed by atoms with van der Waals surface area (Å²) in [6.45, 7) is -0.518. The van der Waals surface area contributed by atoms with Gasteiger partial charge in [0.1, 0.15) is 11.1 Å². The van der Waals surface area contributed by atoms with Gasteiger partial charge in [-0.1, -0.05) is 11.3 Å². The number of ether oxygens (including phenoxy) is 2. The number of amides is 2. The van der Waals surface area contributed by atoms with Gasteiger partial charge in [0.05, 0.1) is 26.1 Å². The first-order chi connectivity index (χ1) is 14.7. The van der Waals surface area contributed by atoms with Gasteiger partial charge in [-0.15, -0.1) is 0 Å². The zero-order valence-corrected chi connectivity index (χ0v) is 17.4. The highest BCUT2D eigenvalue weighted by Crippen LogP contribution is 2.35. The first-order valence-electron chi connectivity index (χ1n) is 9.57. The zero-order chi connectivity index (χ0) is 22.4. The van der Waals surface area contributed by atoms with Crippen LogP contribution in [0, 0.1) is 0 Å². The lowest BCUT2D eigenvalue weighted by Crippen LogP contribution is -2.31. The Morgan fingerprint density at radius 2 is 2.16 bits per heavy atom. The van der Waals surface area contributed by atoms with Crippen LogP contribution in [-0.2, 0) is 16.0 Å². The number of aromatic amines is 1. The second-order valence-electron chi connectivity index (χ2n) is 7.04. The van der Waals surface area contributed by atoms with Gasteiger partial charge >= 0.3 is 12.3 Å². The van der Waals surface area contributed by atoms with E-state index in [4.69, 9.17) is 9.47 Å². The molecular weight excluding hydrogens is 439 g/mol. The van der Waals surface area contributed by atoms with Crippen LogP contribution in [0.3, 0.4) is 0 Å². The summed E-state index contributed by atoms with van der Waals surface area (Å²) < 4.78 is 46.6. The molecule has 2 heterocycles. The number of thiazole rings is 1. The fourth-order valence-corrected chi connectivity index (χ4v) is 3.96. The topological polar surface area (TPSA) is 118 Å². The summed E-state index contributed by atoms with van der Waals surface area (Å²) in [6.07, 6.45) is -3.21. The van der Waals surface area contributed by atoms with E-state index in [0.29, 0.717) is 28.7 Å². The molecule has 9 nitrogen and oxygen atoms in total. The van der Waals surface area contributed by atoms with E-state index >= 15 is 0 Å². The van der Waals surface area contributed by atoms with E-state index in [0.717, 1.165) is 12.1 Å². The van der Waals surface area contributed by atoms with Crippen LogP contribution in [0.1, 0.15) is 42.3 Å². The number of alkyl halides is 3. The van der Waals surface area contributed by atoms with Crippen LogP contribution in [0.25, 0.3) is 0 Å². The Kier molecular flexibility index (Phi) is 7.36. The monoisotopic (exact) mass is 461 g/mol. The van der Waals surface area contributed by atoms with Gasteiger partial charge < -0.3 is 20.1 Å². The van der Waals surface area contributed by atoms with E-state index in [1.54, 1.807) is 12.3 Å². The Labute approximate surface area is 179 Å². The molecule has 2 amide bonds. The first-order valence-corrected chi connectivity index (χ1v) is 10.4. The fourth-order valence-electron chi connectivity index (χ4n) is 3.23. The first kappa shape index (κ1) is 22.8. The summed E-state index contributed by atoms with van der Waals surface area (Å²) in [5.41, 5.74) is 0.787. The van der Waals surface area contributed by atoms with Gasteiger partial charge in [-0.3, -0.25) is 9.89 Å². The summed E-state index contributed by atoms with van der Waals surface area (Å²) in [5.74, 6) is 0.144. The van der Waals surface area contributed by atoms with Crippen LogP contribution in [0.5, 0.6) is 5.06 Å². The number of alkyl carbamates (subject to hydrolysis) is 1. The molecule has 31 heavy (non-hydrogen) atoms. The number of carbonyl (C=O) groups is 2. The number of H-pyrrole nitrogens is 1. The molecule has 1 saturated carbocycles. The average Bonchev–Trinajstić information content (AvgIpc) is 3.41. The summed E-state index contributed by atoms with van der Waals surface area (Å²) in [4.78, 5) is 27.9. The van der Waals surface area contributed by atoms with E-state index in [-0.39, 0.29) is 18.2 Å². The van der Waals surface area contributed by atoms with E-state index in [2.05, 4.69) is 25.8 Å². The van der Waals surface area contributed by atoms with Crippen molar-refractivity contribution in [3.8, 4) is 5.06 Å². The average molecular weight is 461 g/mol. The van der Waals surface area contributed by atoms with Gasteiger partial charge in [-0.25, -0.2) is 9.78 Å². The van der Waals surface area contributed by atoms with Crippen molar-refractivity contribution in [2.24, 2.45) is 0 Å². The fraction of sp³-hybridized carbons (Fsp3) is 0.556. The Hall–Kier alpha value is -2.83. The van der Waals surface area contributed by atoms with Gasteiger partial charge in [0.25, 0.3) is 0 Å². The maximum atomic E-state index is 12.2. The van der Waals surface area contributed by atoms with Crippen LogP contribution >= 0.6 is 11.3 Å². The molecule has 2 aromatic heterocycles. The Morgan fingerprint density at radius 3 is 2.87 bits per heavy atom. The number of hydrogen-bond donors (Lipinski definition) is 3. The molecule has 1 aliphatic carbocycles. The summed E-state index contributed by atoms with van der Waals surface area (Å²) in [6, 6.07) is 1.72. The highest BCUT2D eigenvalue weighted by atomic mass is 32.1. The van der Waals surface area contributed by atoms with Gasteiger partial charge in [0.15, 0.2) is 10.9 Å². The minimum Gasteiger partial charge on any atom is -0.486 e. The minimum absolute atomic E-state index is 0.0364. The molecule has 0 bridgehead atoms. The normalized spacial score (nSPS) is 18.6. The molecular formula is C18H22F3N5O4S. The third-order valence-electron chi connectivity index (χ3n) is 4.69. The molecule has 0 aliphatic heterocycles. The van der Waals surface area contributed by atoms with Crippen molar-refractivity contribution in [3.63, 3.8) is 0 Å². The maximum absolute atomic E-state index is 12.2. The molecule has 3 N–H and O–H groups in total. The lowest BCUT2D eigenvalue weighted by Gasteiger charge is -2.13. The number of carbonyl (C=O) groups excluding carboxylic acids is 2. The predicted molar refractivity (Wildman–Crippen MR) is 105 cm³/mol. The van der Waals surface area contributed by atoms with Crippen molar-refractivity contribution in [3.05, 3.63) is 23.0 Å². The molecule has 2 atom stereocenters. The lowest BCUT2D eigenvalue weighted by molar-refractivity contribution is -0.133. The van der Waals surface area contributed by atoms with Crippen molar-refractivity contribution in [2.45, 2.75) is 50.3 Å². The number of rotatable bonds is 8. The summed E-state index contributed by atoms with van der Waals surface area (Å²) >= 11 is 1.28. The Balaban J connectivity index is 1.42. The highest BCUT2D eigenvalue weighted by Gasteiger charge is 2.31. The molecule has 1 fully saturated rings. The third kappa shape index (κ3) is 7.12. The predicted octanol–water partition coefficient (Wildman–Crippen LogP) is 3.37. The maximum Gasteiger partial charge on any atom is 0.407 e. The van der Waals surface area contributed by atoms with E-state index < -0.39 is 31.3 Å². The second-order valence-corrected chi connectivity index (χ2v) is 8.12. The number of aromatic nitrogens is 3. The van der Waals surface area contributed by atoms with Crippen molar-refractivity contribution in [2.75, 3.05) is 19.0 Å². The number of anilines is 1. The number of nitrogens with one attached hydrogen (secondary N) is 3. The standard InChI is InChI=1S/C18H22F3N5O4S/c1-29-16-9-23-15(31-16)8-14(27)24-13-7-12(25-26-13)10-2-3-11(6-10)30-17(28)22-5-4-18(19,20)21/h7,9-11H,2-6,8H2,1H3,(H,22,28)(H2,24,25,26,27)/t10-,11+/m0/s1. The number of hydrogen-bond acceptors (Lipinski definition) is 7. The number of halogens is 3. The summed E-state index contributed by atoms with van der Waals surface area (Å²) in [7, 11) is 1.53. The van der Waals surface area contributed by atoms with Crippen LogP contribution in [0.2, 0.25) is 0 Å². The molecule has 0 unspecified atom stereocenters. The molecule has 0 saturated heterocycles. The van der Waals surface area contributed by atoms with Crippen molar-refractivity contribution < 1.29 is 32.2 Å². The van der Waals surface area contributed by atoms with E-state index in [1.165, 1.54) is 18.4 Å². The van der Waals surface area contributed by atoms with Crippen LogP contribution in [0.15, 0.2) is 12.3 Å². The Morgan fingerprint density at radius 1 is 1.35 bits per heavy atom. The lowest BCUT2D eigenvalue weighted by atomic mass is 10.0.